The fourth-order valence-corrected chi connectivity index (χ4v) is 2.15. The summed E-state index contributed by atoms with van der Waals surface area (Å²) >= 11 is 0. The number of benzene rings is 1. The molecule has 0 bridgehead atoms. The summed E-state index contributed by atoms with van der Waals surface area (Å²) in [7, 11) is 0. The maximum Gasteiger partial charge on any atom is 0.303 e. The largest absolute Gasteiger partial charge is 0.494 e. The van der Waals surface area contributed by atoms with E-state index in [1.807, 2.05) is 24.3 Å². The lowest BCUT2D eigenvalue weighted by Gasteiger charge is -2.08. The Labute approximate surface area is 130 Å². The smallest absolute Gasteiger partial charge is 0.303 e. The molecule has 1 aliphatic carbocycles. The van der Waals surface area contributed by atoms with Crippen LogP contribution in [0.2, 0.25) is 0 Å². The van der Waals surface area contributed by atoms with Gasteiger partial charge in [0.1, 0.15) is 5.75 Å². The zero-order chi connectivity index (χ0) is 15.8. The average molecular weight is 305 g/mol. The molecule has 0 unspecified atom stereocenters. The summed E-state index contributed by atoms with van der Waals surface area (Å²) in [5, 5.41) is 11.5. The first-order valence-electron chi connectivity index (χ1n) is 7.83. The molecule has 2 N–H and O–H groups in total. The SMILES string of the molecule is O=C(O)CCCOc1ccc(CNC(=O)CCC2CC2)cc1. The van der Waals surface area contributed by atoms with Gasteiger partial charge in [0.25, 0.3) is 0 Å². The van der Waals surface area contributed by atoms with Gasteiger partial charge in [-0.2, -0.15) is 0 Å². The van der Waals surface area contributed by atoms with Crippen molar-refractivity contribution in [2.45, 2.75) is 45.1 Å². The van der Waals surface area contributed by atoms with Crippen molar-refractivity contribution >= 4 is 11.9 Å². The Balaban J connectivity index is 1.62. The van der Waals surface area contributed by atoms with E-state index in [1.165, 1.54) is 12.8 Å². The van der Waals surface area contributed by atoms with Gasteiger partial charge in [0.15, 0.2) is 0 Å². The van der Waals surface area contributed by atoms with E-state index in [-0.39, 0.29) is 12.3 Å². The fourth-order valence-electron chi connectivity index (χ4n) is 2.15. The summed E-state index contributed by atoms with van der Waals surface area (Å²) in [6.45, 7) is 0.923. The number of amides is 1. The van der Waals surface area contributed by atoms with Gasteiger partial charge in [-0.05, 0) is 36.5 Å². The molecular weight excluding hydrogens is 282 g/mol. The van der Waals surface area contributed by atoms with Crippen LogP contribution in [0.5, 0.6) is 5.75 Å². The second kappa shape index (κ2) is 8.41. The lowest BCUT2D eigenvalue weighted by Crippen LogP contribution is -2.22. The molecule has 120 valence electrons. The lowest BCUT2D eigenvalue weighted by molar-refractivity contribution is -0.137. The summed E-state index contributed by atoms with van der Waals surface area (Å²) in [6, 6.07) is 7.50. The number of hydrogen-bond acceptors (Lipinski definition) is 3. The third kappa shape index (κ3) is 6.61. The first kappa shape index (κ1) is 16.3. The second-order valence-electron chi connectivity index (χ2n) is 5.75. The van der Waals surface area contributed by atoms with Gasteiger partial charge in [-0.25, -0.2) is 0 Å². The number of ether oxygens (including phenoxy) is 1. The summed E-state index contributed by atoms with van der Waals surface area (Å²) in [5.74, 6) is 0.801. The van der Waals surface area contributed by atoms with E-state index in [4.69, 9.17) is 9.84 Å². The normalized spacial score (nSPS) is 13.6. The van der Waals surface area contributed by atoms with Crippen molar-refractivity contribution in [1.82, 2.24) is 5.32 Å². The Bertz CT molecular complexity index is 494. The van der Waals surface area contributed by atoms with Crippen molar-refractivity contribution in [3.8, 4) is 5.75 Å². The van der Waals surface area contributed by atoms with E-state index in [0.717, 1.165) is 17.9 Å². The first-order chi connectivity index (χ1) is 10.6. The van der Waals surface area contributed by atoms with Crippen molar-refractivity contribution in [2.24, 2.45) is 5.92 Å². The molecule has 0 aliphatic heterocycles. The number of carboxylic acid groups (broad SMARTS) is 1. The van der Waals surface area contributed by atoms with Crippen LogP contribution in [0.1, 0.15) is 44.1 Å². The minimum Gasteiger partial charge on any atom is -0.494 e. The zero-order valence-corrected chi connectivity index (χ0v) is 12.7. The topological polar surface area (TPSA) is 75.6 Å². The Kier molecular flexibility index (Phi) is 6.25. The second-order valence-corrected chi connectivity index (χ2v) is 5.75. The molecule has 1 aliphatic rings. The van der Waals surface area contributed by atoms with Crippen LogP contribution in [0, 0.1) is 5.92 Å². The molecule has 1 amide bonds. The van der Waals surface area contributed by atoms with E-state index < -0.39 is 5.97 Å². The number of carbonyl (C=O) groups excluding carboxylic acids is 1. The Morgan fingerprint density at radius 2 is 1.91 bits per heavy atom. The highest BCUT2D eigenvalue weighted by atomic mass is 16.5. The number of aliphatic carboxylic acids is 1. The van der Waals surface area contributed by atoms with Gasteiger partial charge in [0.05, 0.1) is 6.61 Å². The number of carbonyl (C=O) groups is 2. The van der Waals surface area contributed by atoms with Crippen LogP contribution >= 0.6 is 0 Å². The molecule has 1 saturated carbocycles. The molecule has 1 fully saturated rings. The van der Waals surface area contributed by atoms with Crippen molar-refractivity contribution in [3.63, 3.8) is 0 Å². The van der Waals surface area contributed by atoms with E-state index >= 15 is 0 Å². The van der Waals surface area contributed by atoms with Gasteiger partial charge < -0.3 is 15.2 Å². The fraction of sp³-hybridized carbons (Fsp3) is 0.529. The Hall–Kier alpha value is -2.04. The van der Waals surface area contributed by atoms with E-state index in [0.29, 0.717) is 31.7 Å². The summed E-state index contributed by atoms with van der Waals surface area (Å²) in [4.78, 5) is 22.0. The summed E-state index contributed by atoms with van der Waals surface area (Å²) in [5.41, 5.74) is 1.03. The van der Waals surface area contributed by atoms with E-state index in [2.05, 4.69) is 5.32 Å². The van der Waals surface area contributed by atoms with Crippen molar-refractivity contribution < 1.29 is 19.4 Å². The lowest BCUT2D eigenvalue weighted by atomic mass is 10.2. The maximum absolute atomic E-state index is 11.7. The van der Waals surface area contributed by atoms with Crippen molar-refractivity contribution in [1.29, 1.82) is 0 Å². The van der Waals surface area contributed by atoms with Gasteiger partial charge >= 0.3 is 5.97 Å². The minimum absolute atomic E-state index is 0.112. The zero-order valence-electron chi connectivity index (χ0n) is 12.7. The summed E-state index contributed by atoms with van der Waals surface area (Å²) < 4.78 is 5.46. The maximum atomic E-state index is 11.7. The van der Waals surface area contributed by atoms with E-state index in [1.54, 1.807) is 0 Å². The predicted molar refractivity (Wildman–Crippen MR) is 82.6 cm³/mol. The van der Waals surface area contributed by atoms with Crippen molar-refractivity contribution in [2.75, 3.05) is 6.61 Å². The molecule has 0 saturated heterocycles. The first-order valence-corrected chi connectivity index (χ1v) is 7.83. The highest BCUT2D eigenvalue weighted by molar-refractivity contribution is 5.75. The molecule has 5 nitrogen and oxygen atoms in total. The van der Waals surface area contributed by atoms with Crippen LogP contribution in [0.4, 0.5) is 0 Å². The van der Waals surface area contributed by atoms with Gasteiger partial charge in [-0.1, -0.05) is 25.0 Å². The average Bonchev–Trinajstić information content (AvgIpc) is 3.33. The molecule has 5 heteroatoms. The molecule has 1 aromatic rings. The number of carboxylic acids is 1. The Morgan fingerprint density at radius 1 is 1.18 bits per heavy atom. The third-order valence-electron chi connectivity index (χ3n) is 3.69. The van der Waals surface area contributed by atoms with Gasteiger partial charge in [0.2, 0.25) is 5.91 Å². The third-order valence-corrected chi connectivity index (χ3v) is 3.69. The monoisotopic (exact) mass is 305 g/mol. The minimum atomic E-state index is -0.809. The molecule has 1 aromatic carbocycles. The van der Waals surface area contributed by atoms with Crippen LogP contribution in [0.25, 0.3) is 0 Å². The molecule has 22 heavy (non-hydrogen) atoms. The molecule has 0 spiro atoms. The number of hydrogen-bond donors (Lipinski definition) is 2. The molecular formula is C17H23NO4. The standard InChI is InChI=1S/C17H23NO4/c19-16(10-7-13-3-4-13)18-12-14-5-8-15(9-6-14)22-11-1-2-17(20)21/h5-6,8-9,13H,1-4,7,10-12H2,(H,18,19)(H,20,21). The van der Waals surface area contributed by atoms with Gasteiger partial charge in [-0.3, -0.25) is 9.59 Å². The highest BCUT2D eigenvalue weighted by Gasteiger charge is 2.21. The van der Waals surface area contributed by atoms with Crippen LogP contribution < -0.4 is 10.1 Å². The molecule has 0 radical (unpaired) electrons. The Morgan fingerprint density at radius 3 is 2.55 bits per heavy atom. The number of rotatable bonds is 10. The highest BCUT2D eigenvalue weighted by Crippen LogP contribution is 2.33. The van der Waals surface area contributed by atoms with Gasteiger partial charge in [0, 0.05) is 19.4 Å². The molecule has 0 heterocycles. The van der Waals surface area contributed by atoms with E-state index in [9.17, 15) is 9.59 Å². The quantitative estimate of drug-likeness (QED) is 0.652. The van der Waals surface area contributed by atoms with Crippen molar-refractivity contribution in [3.05, 3.63) is 29.8 Å². The van der Waals surface area contributed by atoms with Gasteiger partial charge in [-0.15, -0.1) is 0 Å². The predicted octanol–water partition coefficient (Wildman–Crippen LogP) is 2.74. The number of nitrogens with one attached hydrogen (secondary N) is 1. The van der Waals surface area contributed by atoms with Crippen LogP contribution in [-0.4, -0.2) is 23.6 Å². The van der Waals surface area contributed by atoms with Crippen LogP contribution in [0.15, 0.2) is 24.3 Å². The van der Waals surface area contributed by atoms with Crippen LogP contribution in [-0.2, 0) is 16.1 Å². The molecule has 0 atom stereocenters. The molecule has 2 rings (SSSR count). The summed E-state index contributed by atoms with van der Waals surface area (Å²) in [6.07, 6.45) is 4.80. The van der Waals surface area contributed by atoms with Crippen LogP contribution in [0.3, 0.4) is 0 Å². The molecule has 0 aromatic heterocycles.